The lowest BCUT2D eigenvalue weighted by atomic mass is 10.0. The van der Waals surface area contributed by atoms with Gasteiger partial charge in [0.1, 0.15) is 0 Å². The molecule has 0 spiro atoms. The summed E-state index contributed by atoms with van der Waals surface area (Å²) in [6.07, 6.45) is 2.88. The Hall–Kier alpha value is -1.81. The third-order valence-electron chi connectivity index (χ3n) is 3.78. The van der Waals surface area contributed by atoms with E-state index in [1.165, 1.54) is 22.5 Å². The normalized spacial score (nSPS) is 15.7. The van der Waals surface area contributed by atoms with Crippen molar-refractivity contribution in [3.05, 3.63) is 47.3 Å². The molecule has 19 heavy (non-hydrogen) atoms. The number of benzene rings is 1. The Morgan fingerprint density at radius 1 is 1.21 bits per heavy atom. The minimum atomic E-state index is 0.923. The van der Waals surface area contributed by atoms with Crippen molar-refractivity contribution in [1.29, 1.82) is 0 Å². The van der Waals surface area contributed by atoms with Gasteiger partial charge in [-0.2, -0.15) is 5.10 Å². The van der Waals surface area contributed by atoms with E-state index < -0.39 is 0 Å². The van der Waals surface area contributed by atoms with Crippen molar-refractivity contribution < 1.29 is 0 Å². The van der Waals surface area contributed by atoms with E-state index in [9.17, 15) is 0 Å². The van der Waals surface area contributed by atoms with Crippen molar-refractivity contribution >= 4 is 5.69 Å². The number of aromatic nitrogens is 2. The van der Waals surface area contributed by atoms with Crippen molar-refractivity contribution in [3.63, 3.8) is 0 Å². The number of nitrogens with zero attached hydrogens (tertiary/aromatic N) is 2. The third-order valence-corrected chi connectivity index (χ3v) is 3.78. The molecule has 0 radical (unpaired) electrons. The maximum absolute atomic E-state index is 4.24. The van der Waals surface area contributed by atoms with Gasteiger partial charge < -0.3 is 10.2 Å². The molecule has 3 rings (SSSR count). The van der Waals surface area contributed by atoms with Crippen LogP contribution in [0.3, 0.4) is 0 Å². The largest absolute Gasteiger partial charge is 0.366 e. The van der Waals surface area contributed by atoms with E-state index in [0.29, 0.717) is 0 Å². The zero-order valence-electron chi connectivity index (χ0n) is 11.3. The molecule has 4 heteroatoms. The molecule has 1 aromatic heterocycles. The Balaban J connectivity index is 1.82. The molecule has 0 aliphatic carbocycles. The predicted molar refractivity (Wildman–Crippen MR) is 77.7 cm³/mol. The summed E-state index contributed by atoms with van der Waals surface area (Å²) in [5.74, 6) is 0. The van der Waals surface area contributed by atoms with Crippen LogP contribution in [0.5, 0.6) is 0 Å². The van der Waals surface area contributed by atoms with Crippen molar-refractivity contribution in [2.75, 3.05) is 31.1 Å². The van der Waals surface area contributed by atoms with Crippen LogP contribution in [0.1, 0.15) is 16.8 Å². The maximum atomic E-state index is 4.24. The molecule has 1 saturated heterocycles. The molecular weight excluding hydrogens is 236 g/mol. The number of hydrogen-bond acceptors (Lipinski definition) is 3. The number of hydrogen-bond donors (Lipinski definition) is 2. The summed E-state index contributed by atoms with van der Waals surface area (Å²) in [6.45, 7) is 6.38. The lowest BCUT2D eigenvalue weighted by molar-refractivity contribution is 0.588. The highest BCUT2D eigenvalue weighted by Crippen LogP contribution is 2.22. The molecule has 1 aliphatic rings. The highest BCUT2D eigenvalue weighted by molar-refractivity contribution is 5.51. The van der Waals surface area contributed by atoms with Crippen LogP contribution in [0.25, 0.3) is 0 Å². The number of rotatable bonds is 3. The Kier molecular flexibility index (Phi) is 3.51. The summed E-state index contributed by atoms with van der Waals surface area (Å²) in [7, 11) is 0. The Labute approximate surface area is 113 Å². The minimum Gasteiger partial charge on any atom is -0.366 e. The lowest BCUT2D eigenvalue weighted by Crippen LogP contribution is -2.43. The molecule has 2 heterocycles. The number of aromatic amines is 1. The van der Waals surface area contributed by atoms with E-state index in [1.54, 1.807) is 0 Å². The summed E-state index contributed by atoms with van der Waals surface area (Å²) >= 11 is 0. The SMILES string of the molecule is Cc1ccccc1Cc1[nH]ncc1N1CCNCC1. The summed E-state index contributed by atoms with van der Waals surface area (Å²) in [4.78, 5) is 2.41. The number of nitrogens with one attached hydrogen (secondary N) is 2. The molecule has 0 unspecified atom stereocenters. The number of piperazine rings is 1. The Morgan fingerprint density at radius 2 is 2.00 bits per heavy atom. The molecular formula is C15H20N4. The summed E-state index contributed by atoms with van der Waals surface area (Å²) < 4.78 is 0. The summed E-state index contributed by atoms with van der Waals surface area (Å²) in [6, 6.07) is 8.54. The molecule has 100 valence electrons. The third kappa shape index (κ3) is 2.63. The van der Waals surface area contributed by atoms with Crippen LogP contribution < -0.4 is 10.2 Å². The molecule has 4 nitrogen and oxygen atoms in total. The van der Waals surface area contributed by atoms with Crippen LogP contribution in [-0.2, 0) is 6.42 Å². The molecule has 2 N–H and O–H groups in total. The summed E-state index contributed by atoms with van der Waals surface area (Å²) in [5, 5.41) is 10.8. The van der Waals surface area contributed by atoms with E-state index >= 15 is 0 Å². The van der Waals surface area contributed by atoms with Gasteiger partial charge in [-0.1, -0.05) is 24.3 Å². The average Bonchev–Trinajstić information content (AvgIpc) is 2.91. The van der Waals surface area contributed by atoms with Gasteiger partial charge in [0, 0.05) is 32.6 Å². The summed E-state index contributed by atoms with van der Waals surface area (Å²) in [5.41, 5.74) is 5.17. The van der Waals surface area contributed by atoms with Gasteiger partial charge in [-0.3, -0.25) is 5.10 Å². The van der Waals surface area contributed by atoms with Crippen LogP contribution >= 0.6 is 0 Å². The van der Waals surface area contributed by atoms with Crippen LogP contribution in [0.4, 0.5) is 5.69 Å². The standard InChI is InChI=1S/C15H20N4/c1-12-4-2-3-5-13(12)10-14-15(11-17-18-14)19-8-6-16-7-9-19/h2-5,11,16H,6-10H2,1H3,(H,17,18). The van der Waals surface area contributed by atoms with Gasteiger partial charge in [0.2, 0.25) is 0 Å². The highest BCUT2D eigenvalue weighted by Gasteiger charge is 2.16. The molecule has 0 amide bonds. The predicted octanol–water partition coefficient (Wildman–Crippen LogP) is 1.72. The van der Waals surface area contributed by atoms with Gasteiger partial charge in [-0.25, -0.2) is 0 Å². The van der Waals surface area contributed by atoms with E-state index in [4.69, 9.17) is 0 Å². The molecule has 0 saturated carbocycles. The molecule has 0 atom stereocenters. The molecule has 2 aromatic rings. The topological polar surface area (TPSA) is 44.0 Å². The molecule has 1 aliphatic heterocycles. The fourth-order valence-electron chi connectivity index (χ4n) is 2.61. The van der Waals surface area contributed by atoms with Gasteiger partial charge in [-0.05, 0) is 18.1 Å². The Morgan fingerprint density at radius 3 is 2.79 bits per heavy atom. The van der Waals surface area contributed by atoms with Gasteiger partial charge in [0.25, 0.3) is 0 Å². The van der Waals surface area contributed by atoms with Crippen molar-refractivity contribution in [2.45, 2.75) is 13.3 Å². The van der Waals surface area contributed by atoms with Gasteiger partial charge >= 0.3 is 0 Å². The minimum absolute atomic E-state index is 0.923. The highest BCUT2D eigenvalue weighted by atomic mass is 15.2. The second-order valence-corrected chi connectivity index (χ2v) is 5.07. The molecule has 1 fully saturated rings. The first-order valence-corrected chi connectivity index (χ1v) is 6.87. The van der Waals surface area contributed by atoms with Crippen LogP contribution in [-0.4, -0.2) is 36.4 Å². The van der Waals surface area contributed by atoms with Crippen molar-refractivity contribution in [3.8, 4) is 0 Å². The fourth-order valence-corrected chi connectivity index (χ4v) is 2.61. The second-order valence-electron chi connectivity index (χ2n) is 5.07. The van der Waals surface area contributed by atoms with E-state index in [2.05, 4.69) is 51.6 Å². The van der Waals surface area contributed by atoms with Crippen LogP contribution in [0, 0.1) is 6.92 Å². The fraction of sp³-hybridized carbons (Fsp3) is 0.400. The van der Waals surface area contributed by atoms with Gasteiger partial charge in [-0.15, -0.1) is 0 Å². The van der Waals surface area contributed by atoms with Crippen LogP contribution in [0.2, 0.25) is 0 Å². The molecule has 1 aromatic carbocycles. The smallest absolute Gasteiger partial charge is 0.0786 e. The van der Waals surface area contributed by atoms with Gasteiger partial charge in [0.05, 0.1) is 17.6 Å². The van der Waals surface area contributed by atoms with Crippen molar-refractivity contribution in [1.82, 2.24) is 15.5 Å². The average molecular weight is 256 g/mol. The lowest BCUT2D eigenvalue weighted by Gasteiger charge is -2.29. The monoisotopic (exact) mass is 256 g/mol. The maximum Gasteiger partial charge on any atom is 0.0786 e. The number of anilines is 1. The first-order chi connectivity index (χ1) is 9.34. The van der Waals surface area contributed by atoms with E-state index in [0.717, 1.165) is 32.6 Å². The van der Waals surface area contributed by atoms with Gasteiger partial charge in [0.15, 0.2) is 0 Å². The quantitative estimate of drug-likeness (QED) is 0.879. The van der Waals surface area contributed by atoms with Crippen molar-refractivity contribution in [2.24, 2.45) is 0 Å². The van der Waals surface area contributed by atoms with E-state index in [-0.39, 0.29) is 0 Å². The zero-order chi connectivity index (χ0) is 13.1. The second kappa shape index (κ2) is 5.45. The first-order valence-electron chi connectivity index (χ1n) is 6.87. The van der Waals surface area contributed by atoms with E-state index in [1.807, 2.05) is 6.20 Å². The molecule has 0 bridgehead atoms. The zero-order valence-corrected chi connectivity index (χ0v) is 11.3. The first kappa shape index (κ1) is 12.2. The Bertz CT molecular complexity index is 541. The number of aryl methyl sites for hydroxylation is 1. The number of H-pyrrole nitrogens is 1. The van der Waals surface area contributed by atoms with Crippen LogP contribution in [0.15, 0.2) is 30.5 Å².